The van der Waals surface area contributed by atoms with Crippen LogP contribution in [0.2, 0.25) is 5.02 Å². The van der Waals surface area contributed by atoms with Gasteiger partial charge < -0.3 is 10.2 Å². The van der Waals surface area contributed by atoms with Gasteiger partial charge in [0, 0.05) is 22.1 Å². The van der Waals surface area contributed by atoms with E-state index in [1.807, 2.05) is 42.5 Å². The van der Waals surface area contributed by atoms with Gasteiger partial charge in [-0.15, -0.1) is 0 Å². The SMILES string of the molecule is C[C@@H](C(=O)NC1CCCC1)N(Cc1ccc(Br)cc1)C(=O)Cc1ccccc1Cl. The molecule has 2 amide bonds. The fourth-order valence-corrected chi connectivity index (χ4v) is 4.13. The molecule has 0 heterocycles. The number of nitrogens with zero attached hydrogens (tertiary/aromatic N) is 1. The number of hydrogen-bond donors (Lipinski definition) is 1. The Labute approximate surface area is 185 Å². The molecule has 1 aliphatic carbocycles. The highest BCUT2D eigenvalue weighted by Crippen LogP contribution is 2.21. The lowest BCUT2D eigenvalue weighted by molar-refractivity contribution is -0.140. The van der Waals surface area contributed by atoms with E-state index in [1.54, 1.807) is 17.9 Å². The molecule has 1 saturated carbocycles. The predicted molar refractivity (Wildman–Crippen MR) is 120 cm³/mol. The molecular formula is C23H26BrClN2O2. The maximum Gasteiger partial charge on any atom is 0.242 e. The van der Waals surface area contributed by atoms with E-state index in [2.05, 4.69) is 21.2 Å². The van der Waals surface area contributed by atoms with Crippen molar-refractivity contribution in [2.24, 2.45) is 0 Å². The summed E-state index contributed by atoms with van der Waals surface area (Å²) in [4.78, 5) is 27.7. The molecule has 0 radical (unpaired) electrons. The van der Waals surface area contributed by atoms with E-state index < -0.39 is 6.04 Å². The van der Waals surface area contributed by atoms with Gasteiger partial charge in [-0.3, -0.25) is 9.59 Å². The zero-order chi connectivity index (χ0) is 20.8. The monoisotopic (exact) mass is 476 g/mol. The van der Waals surface area contributed by atoms with Gasteiger partial charge in [0.1, 0.15) is 6.04 Å². The molecule has 1 N–H and O–H groups in total. The average molecular weight is 478 g/mol. The summed E-state index contributed by atoms with van der Waals surface area (Å²) in [5.74, 6) is -0.211. The van der Waals surface area contributed by atoms with Crippen molar-refractivity contribution in [1.82, 2.24) is 10.2 Å². The van der Waals surface area contributed by atoms with Gasteiger partial charge in [0.25, 0.3) is 0 Å². The first-order chi connectivity index (χ1) is 13.9. The third-order valence-electron chi connectivity index (χ3n) is 5.43. The highest BCUT2D eigenvalue weighted by atomic mass is 79.9. The molecule has 0 saturated heterocycles. The van der Waals surface area contributed by atoms with Gasteiger partial charge in [-0.05, 0) is 49.1 Å². The van der Waals surface area contributed by atoms with Gasteiger partial charge in [0.05, 0.1) is 6.42 Å². The molecule has 29 heavy (non-hydrogen) atoms. The summed E-state index contributed by atoms with van der Waals surface area (Å²) in [6, 6.07) is 14.8. The predicted octanol–water partition coefficient (Wildman–Crippen LogP) is 5.12. The minimum Gasteiger partial charge on any atom is -0.352 e. The summed E-state index contributed by atoms with van der Waals surface area (Å²) in [6.45, 7) is 2.17. The number of rotatable bonds is 7. The zero-order valence-electron chi connectivity index (χ0n) is 16.5. The number of halogens is 2. The second-order valence-corrected chi connectivity index (χ2v) is 8.91. The second-order valence-electron chi connectivity index (χ2n) is 7.58. The van der Waals surface area contributed by atoms with Gasteiger partial charge in [0.15, 0.2) is 0 Å². The van der Waals surface area contributed by atoms with Crippen LogP contribution in [0.4, 0.5) is 0 Å². The Kier molecular flexibility index (Phi) is 7.73. The van der Waals surface area contributed by atoms with Crippen molar-refractivity contribution in [3.05, 3.63) is 69.2 Å². The number of nitrogens with one attached hydrogen (secondary N) is 1. The van der Waals surface area contributed by atoms with Crippen LogP contribution in [0.15, 0.2) is 53.0 Å². The van der Waals surface area contributed by atoms with Gasteiger partial charge in [-0.2, -0.15) is 0 Å². The Bertz CT molecular complexity index is 850. The minimum atomic E-state index is -0.561. The molecule has 1 atom stereocenters. The van der Waals surface area contributed by atoms with E-state index in [9.17, 15) is 9.59 Å². The summed E-state index contributed by atoms with van der Waals surface area (Å²) in [7, 11) is 0. The van der Waals surface area contributed by atoms with Crippen molar-refractivity contribution in [1.29, 1.82) is 0 Å². The van der Waals surface area contributed by atoms with E-state index in [0.717, 1.165) is 41.3 Å². The van der Waals surface area contributed by atoms with Crippen LogP contribution >= 0.6 is 27.5 Å². The number of hydrogen-bond acceptors (Lipinski definition) is 2. The Hall–Kier alpha value is -1.85. The van der Waals surface area contributed by atoms with Crippen molar-refractivity contribution in [3.8, 4) is 0 Å². The highest BCUT2D eigenvalue weighted by Gasteiger charge is 2.28. The molecule has 6 heteroatoms. The maximum absolute atomic E-state index is 13.2. The summed E-state index contributed by atoms with van der Waals surface area (Å²) in [5, 5.41) is 3.68. The molecule has 154 valence electrons. The van der Waals surface area contributed by atoms with E-state index >= 15 is 0 Å². The van der Waals surface area contributed by atoms with Crippen molar-refractivity contribution in [2.75, 3.05) is 0 Å². The lowest BCUT2D eigenvalue weighted by Crippen LogP contribution is -2.50. The molecule has 4 nitrogen and oxygen atoms in total. The van der Waals surface area contributed by atoms with Gasteiger partial charge in [-0.1, -0.05) is 70.7 Å². The van der Waals surface area contributed by atoms with E-state index in [1.165, 1.54) is 0 Å². The normalized spacial score (nSPS) is 15.1. The molecule has 2 aromatic rings. The third-order valence-corrected chi connectivity index (χ3v) is 6.33. The average Bonchev–Trinajstić information content (AvgIpc) is 3.21. The van der Waals surface area contributed by atoms with Crippen LogP contribution in [-0.4, -0.2) is 28.8 Å². The number of carbonyl (C=O) groups is 2. The van der Waals surface area contributed by atoms with Crippen LogP contribution in [0.1, 0.15) is 43.7 Å². The lowest BCUT2D eigenvalue weighted by Gasteiger charge is -2.30. The smallest absolute Gasteiger partial charge is 0.242 e. The fraction of sp³-hybridized carbons (Fsp3) is 0.391. The first kappa shape index (κ1) is 21.8. The topological polar surface area (TPSA) is 49.4 Å². The molecular weight excluding hydrogens is 452 g/mol. The number of carbonyl (C=O) groups excluding carboxylic acids is 2. The van der Waals surface area contributed by atoms with Crippen LogP contribution < -0.4 is 5.32 Å². The first-order valence-corrected chi connectivity index (χ1v) is 11.2. The Morgan fingerprint density at radius 3 is 2.45 bits per heavy atom. The minimum absolute atomic E-state index is 0.0958. The molecule has 0 aromatic heterocycles. The molecule has 0 aliphatic heterocycles. The third kappa shape index (κ3) is 6.06. The quantitative estimate of drug-likeness (QED) is 0.601. The second kappa shape index (κ2) is 10.3. The van der Waals surface area contributed by atoms with Crippen molar-refractivity contribution < 1.29 is 9.59 Å². The molecule has 0 unspecified atom stereocenters. The van der Waals surface area contributed by atoms with Crippen LogP contribution in [0.25, 0.3) is 0 Å². The molecule has 1 fully saturated rings. The van der Waals surface area contributed by atoms with Crippen LogP contribution in [0, 0.1) is 0 Å². The van der Waals surface area contributed by atoms with E-state index in [0.29, 0.717) is 11.6 Å². The van der Waals surface area contributed by atoms with Gasteiger partial charge >= 0.3 is 0 Å². The molecule has 1 aliphatic rings. The summed E-state index contributed by atoms with van der Waals surface area (Å²) < 4.78 is 0.974. The van der Waals surface area contributed by atoms with Gasteiger partial charge in [0.2, 0.25) is 11.8 Å². The van der Waals surface area contributed by atoms with Crippen molar-refractivity contribution in [2.45, 2.75) is 57.7 Å². The molecule has 3 rings (SSSR count). The molecule has 0 spiro atoms. The highest BCUT2D eigenvalue weighted by molar-refractivity contribution is 9.10. The Morgan fingerprint density at radius 1 is 1.14 bits per heavy atom. The summed E-state index contributed by atoms with van der Waals surface area (Å²) >= 11 is 9.69. The van der Waals surface area contributed by atoms with E-state index in [-0.39, 0.29) is 24.3 Å². The number of amides is 2. The van der Waals surface area contributed by atoms with Crippen molar-refractivity contribution in [3.63, 3.8) is 0 Å². The van der Waals surface area contributed by atoms with Crippen molar-refractivity contribution >= 4 is 39.3 Å². The first-order valence-electron chi connectivity index (χ1n) is 10.0. The van der Waals surface area contributed by atoms with Crippen LogP contribution in [0.5, 0.6) is 0 Å². The maximum atomic E-state index is 13.2. The summed E-state index contributed by atoms with van der Waals surface area (Å²) in [5.41, 5.74) is 1.74. The molecule has 2 aromatic carbocycles. The van der Waals surface area contributed by atoms with Crippen LogP contribution in [-0.2, 0) is 22.6 Å². The standard InChI is InChI=1S/C23H26BrClN2O2/c1-16(23(29)26-20-7-3-4-8-20)27(15-17-10-12-19(24)13-11-17)22(28)14-18-6-2-5-9-21(18)25/h2,5-6,9-13,16,20H,3-4,7-8,14-15H2,1H3,(H,26,29)/t16-/m0/s1. The number of benzene rings is 2. The Balaban J connectivity index is 1.77. The van der Waals surface area contributed by atoms with Gasteiger partial charge in [-0.25, -0.2) is 0 Å². The Morgan fingerprint density at radius 2 is 1.79 bits per heavy atom. The fourth-order valence-electron chi connectivity index (χ4n) is 3.67. The zero-order valence-corrected chi connectivity index (χ0v) is 18.9. The van der Waals surface area contributed by atoms with E-state index in [4.69, 9.17) is 11.6 Å². The molecule has 0 bridgehead atoms. The lowest BCUT2D eigenvalue weighted by atomic mass is 10.1. The van der Waals surface area contributed by atoms with Crippen LogP contribution in [0.3, 0.4) is 0 Å². The largest absolute Gasteiger partial charge is 0.352 e. The summed E-state index contributed by atoms with van der Waals surface area (Å²) in [6.07, 6.45) is 4.48.